The summed E-state index contributed by atoms with van der Waals surface area (Å²) in [5, 5.41) is 0. The Kier molecular flexibility index (Phi) is 4.02. The third-order valence-corrected chi connectivity index (χ3v) is 3.72. The lowest BCUT2D eigenvalue weighted by molar-refractivity contribution is -0.155. The molecule has 98 valence electrons. The van der Waals surface area contributed by atoms with Gasteiger partial charge in [0.2, 0.25) is 0 Å². The van der Waals surface area contributed by atoms with Crippen LogP contribution in [0.15, 0.2) is 30.3 Å². The lowest BCUT2D eigenvalue weighted by Gasteiger charge is -2.32. The molecule has 0 unspecified atom stereocenters. The molecule has 3 nitrogen and oxygen atoms in total. The Morgan fingerprint density at radius 1 is 1.39 bits per heavy atom. The first kappa shape index (κ1) is 13.1. The fourth-order valence-electron chi connectivity index (χ4n) is 2.59. The van der Waals surface area contributed by atoms with E-state index in [1.807, 2.05) is 32.0 Å². The fraction of sp³-hybridized carbons (Fsp3) is 0.533. The Hall–Kier alpha value is -1.35. The number of hydrogen-bond donors (Lipinski definition) is 0. The van der Waals surface area contributed by atoms with E-state index >= 15 is 0 Å². The van der Waals surface area contributed by atoms with E-state index in [1.165, 1.54) is 5.56 Å². The van der Waals surface area contributed by atoms with E-state index in [1.54, 1.807) is 0 Å². The average molecular weight is 247 g/mol. The summed E-state index contributed by atoms with van der Waals surface area (Å²) in [5.74, 6) is -0.0848. The van der Waals surface area contributed by atoms with Crippen LogP contribution in [-0.4, -0.2) is 29.6 Å². The number of rotatable bonds is 4. The highest BCUT2D eigenvalue weighted by Gasteiger charge is 2.44. The molecular weight excluding hydrogens is 226 g/mol. The normalized spacial score (nSPS) is 24.1. The first-order chi connectivity index (χ1) is 8.66. The highest BCUT2D eigenvalue weighted by molar-refractivity contribution is 5.80. The Morgan fingerprint density at radius 3 is 2.78 bits per heavy atom. The van der Waals surface area contributed by atoms with Crippen molar-refractivity contribution in [2.75, 3.05) is 13.2 Å². The van der Waals surface area contributed by atoms with Gasteiger partial charge in [0.05, 0.1) is 6.61 Å². The van der Waals surface area contributed by atoms with Gasteiger partial charge in [0.15, 0.2) is 0 Å². The van der Waals surface area contributed by atoms with Crippen LogP contribution in [0.5, 0.6) is 0 Å². The average Bonchev–Trinajstić information content (AvgIpc) is 2.74. The van der Waals surface area contributed by atoms with Crippen molar-refractivity contribution in [2.24, 2.45) is 0 Å². The van der Waals surface area contributed by atoms with Gasteiger partial charge in [0, 0.05) is 6.54 Å². The molecule has 1 heterocycles. The lowest BCUT2D eigenvalue weighted by atomic mass is 9.98. The van der Waals surface area contributed by atoms with E-state index in [9.17, 15) is 4.79 Å². The molecule has 0 radical (unpaired) electrons. The number of ether oxygens (including phenoxy) is 1. The molecule has 0 N–H and O–H groups in total. The quantitative estimate of drug-likeness (QED) is 0.766. The molecule has 0 amide bonds. The molecular formula is C15H21NO2. The summed E-state index contributed by atoms with van der Waals surface area (Å²) in [6, 6.07) is 10.3. The van der Waals surface area contributed by atoms with Gasteiger partial charge in [0.1, 0.15) is 5.54 Å². The first-order valence-corrected chi connectivity index (χ1v) is 6.63. The summed E-state index contributed by atoms with van der Waals surface area (Å²) in [4.78, 5) is 14.3. The van der Waals surface area contributed by atoms with Gasteiger partial charge in [-0.25, -0.2) is 0 Å². The number of carbonyl (C=O) groups is 1. The van der Waals surface area contributed by atoms with Crippen molar-refractivity contribution in [1.82, 2.24) is 4.90 Å². The number of nitrogens with zero attached hydrogens (tertiary/aromatic N) is 1. The van der Waals surface area contributed by atoms with Crippen LogP contribution in [0.2, 0.25) is 0 Å². The lowest BCUT2D eigenvalue weighted by Crippen LogP contribution is -2.48. The zero-order valence-electron chi connectivity index (χ0n) is 11.2. The zero-order chi connectivity index (χ0) is 13.0. The molecule has 1 aliphatic rings. The molecule has 0 aromatic heterocycles. The molecule has 1 fully saturated rings. The second kappa shape index (κ2) is 5.53. The van der Waals surface area contributed by atoms with E-state index in [4.69, 9.17) is 4.74 Å². The van der Waals surface area contributed by atoms with Gasteiger partial charge < -0.3 is 4.74 Å². The van der Waals surface area contributed by atoms with Crippen molar-refractivity contribution in [3.05, 3.63) is 35.9 Å². The topological polar surface area (TPSA) is 29.5 Å². The Bertz CT molecular complexity index is 404. The number of carbonyl (C=O) groups excluding carboxylic acids is 1. The molecule has 2 rings (SSSR count). The van der Waals surface area contributed by atoms with Gasteiger partial charge in [-0.15, -0.1) is 0 Å². The summed E-state index contributed by atoms with van der Waals surface area (Å²) in [6.07, 6.45) is 1.95. The minimum absolute atomic E-state index is 0.0848. The van der Waals surface area contributed by atoms with Gasteiger partial charge in [-0.2, -0.15) is 0 Å². The van der Waals surface area contributed by atoms with E-state index in [-0.39, 0.29) is 5.97 Å². The Labute approximate surface area is 109 Å². The van der Waals surface area contributed by atoms with Crippen LogP contribution < -0.4 is 0 Å². The molecule has 3 heteroatoms. The molecule has 1 saturated heterocycles. The maximum atomic E-state index is 12.1. The second-order valence-corrected chi connectivity index (χ2v) is 5.01. The SMILES string of the molecule is CCOC(=O)[C@]1(C)CCCN1Cc1ccccc1. The van der Waals surface area contributed by atoms with Crippen molar-refractivity contribution in [1.29, 1.82) is 0 Å². The predicted octanol–water partition coefficient (Wildman–Crippen LogP) is 2.60. The predicted molar refractivity (Wildman–Crippen MR) is 71.1 cm³/mol. The van der Waals surface area contributed by atoms with E-state index < -0.39 is 5.54 Å². The molecule has 0 spiro atoms. The number of hydrogen-bond acceptors (Lipinski definition) is 3. The highest BCUT2D eigenvalue weighted by Crippen LogP contribution is 2.31. The Morgan fingerprint density at radius 2 is 2.11 bits per heavy atom. The van der Waals surface area contributed by atoms with E-state index in [2.05, 4.69) is 17.0 Å². The highest BCUT2D eigenvalue weighted by atomic mass is 16.5. The molecule has 0 aliphatic carbocycles. The van der Waals surface area contributed by atoms with Crippen LogP contribution in [-0.2, 0) is 16.1 Å². The van der Waals surface area contributed by atoms with Crippen LogP contribution in [0.25, 0.3) is 0 Å². The van der Waals surface area contributed by atoms with Crippen molar-refractivity contribution < 1.29 is 9.53 Å². The minimum Gasteiger partial charge on any atom is -0.465 e. The maximum absolute atomic E-state index is 12.1. The smallest absolute Gasteiger partial charge is 0.326 e. The van der Waals surface area contributed by atoms with Crippen LogP contribution in [0, 0.1) is 0 Å². The number of esters is 1. The molecule has 0 bridgehead atoms. The van der Waals surface area contributed by atoms with Gasteiger partial charge >= 0.3 is 5.97 Å². The second-order valence-electron chi connectivity index (χ2n) is 5.01. The summed E-state index contributed by atoms with van der Waals surface area (Å²) in [5.41, 5.74) is 0.793. The molecule has 0 saturated carbocycles. The minimum atomic E-state index is -0.453. The van der Waals surface area contributed by atoms with E-state index in [0.717, 1.165) is 25.9 Å². The molecule has 18 heavy (non-hydrogen) atoms. The summed E-state index contributed by atoms with van der Waals surface area (Å²) in [6.45, 7) is 6.09. The first-order valence-electron chi connectivity index (χ1n) is 6.63. The third kappa shape index (κ3) is 2.56. The zero-order valence-corrected chi connectivity index (χ0v) is 11.2. The van der Waals surface area contributed by atoms with Crippen molar-refractivity contribution in [3.8, 4) is 0 Å². The van der Waals surface area contributed by atoms with Gasteiger partial charge in [0.25, 0.3) is 0 Å². The molecule has 1 aliphatic heterocycles. The van der Waals surface area contributed by atoms with Crippen LogP contribution in [0.3, 0.4) is 0 Å². The molecule has 1 atom stereocenters. The van der Waals surface area contributed by atoms with Crippen molar-refractivity contribution in [3.63, 3.8) is 0 Å². The number of benzene rings is 1. The molecule has 1 aromatic rings. The summed E-state index contributed by atoms with van der Waals surface area (Å²) in [7, 11) is 0. The summed E-state index contributed by atoms with van der Waals surface area (Å²) >= 11 is 0. The Balaban J connectivity index is 2.10. The van der Waals surface area contributed by atoms with Crippen molar-refractivity contribution >= 4 is 5.97 Å². The maximum Gasteiger partial charge on any atom is 0.326 e. The molecule has 1 aromatic carbocycles. The van der Waals surface area contributed by atoms with E-state index in [0.29, 0.717) is 6.61 Å². The van der Waals surface area contributed by atoms with Crippen LogP contribution >= 0.6 is 0 Å². The van der Waals surface area contributed by atoms with Gasteiger partial charge in [-0.3, -0.25) is 9.69 Å². The largest absolute Gasteiger partial charge is 0.465 e. The van der Waals surface area contributed by atoms with Crippen molar-refractivity contribution in [2.45, 2.75) is 38.8 Å². The third-order valence-electron chi connectivity index (χ3n) is 3.72. The van der Waals surface area contributed by atoms with Crippen LogP contribution in [0.1, 0.15) is 32.3 Å². The van der Waals surface area contributed by atoms with Gasteiger partial charge in [-0.05, 0) is 38.8 Å². The van der Waals surface area contributed by atoms with Gasteiger partial charge in [-0.1, -0.05) is 30.3 Å². The standard InChI is InChI=1S/C15H21NO2/c1-3-18-14(17)15(2)10-7-11-16(15)12-13-8-5-4-6-9-13/h4-6,8-9H,3,7,10-12H2,1-2H3/t15-/m0/s1. The van der Waals surface area contributed by atoms with Crippen LogP contribution in [0.4, 0.5) is 0 Å². The fourth-order valence-corrected chi connectivity index (χ4v) is 2.59. The monoisotopic (exact) mass is 247 g/mol. The summed E-state index contributed by atoms with van der Waals surface area (Å²) < 4.78 is 5.22. The number of likely N-dealkylation sites (tertiary alicyclic amines) is 1.